The van der Waals surface area contributed by atoms with Crippen molar-refractivity contribution in [2.75, 3.05) is 0 Å². The van der Waals surface area contributed by atoms with Crippen LogP contribution in [0.3, 0.4) is 0 Å². The van der Waals surface area contributed by atoms with E-state index < -0.39 is 0 Å². The third-order valence-electron chi connectivity index (χ3n) is 0.814. The molecule has 0 N–H and O–H groups in total. The van der Waals surface area contributed by atoms with E-state index in [1.165, 1.54) is 0 Å². The summed E-state index contributed by atoms with van der Waals surface area (Å²) in [6.07, 6.45) is 6.41. The minimum absolute atomic E-state index is 0.407. The van der Waals surface area contributed by atoms with E-state index in [1.54, 1.807) is 18.2 Å². The maximum Gasteiger partial charge on any atom is 0.124 e. The van der Waals surface area contributed by atoms with Crippen LogP contribution in [0, 0.1) is 0 Å². The molecule has 1 nitrogen and oxygen atoms in total. The van der Waals surface area contributed by atoms with Crippen LogP contribution in [0.4, 0.5) is 0 Å². The zero-order valence-electron chi connectivity index (χ0n) is 7.34. The Balaban J connectivity index is 0. The highest BCUT2D eigenvalue weighted by Gasteiger charge is 1.81. The van der Waals surface area contributed by atoms with E-state index in [-0.39, 0.29) is 0 Å². The molecule has 0 fully saturated rings. The van der Waals surface area contributed by atoms with Crippen molar-refractivity contribution in [1.82, 2.24) is 0 Å². The molecule has 0 amide bonds. The molecule has 0 spiro atoms. The fourth-order valence-corrected chi connectivity index (χ4v) is 0.379. The fourth-order valence-electron chi connectivity index (χ4n) is 0.379. The van der Waals surface area contributed by atoms with Crippen molar-refractivity contribution < 1.29 is 4.79 Å². The Morgan fingerprint density at radius 3 is 2.36 bits per heavy atom. The van der Waals surface area contributed by atoms with Crippen LogP contribution in [-0.4, -0.2) is 6.29 Å². The van der Waals surface area contributed by atoms with Gasteiger partial charge >= 0.3 is 0 Å². The monoisotopic (exact) mass is 152 g/mol. The van der Waals surface area contributed by atoms with Crippen LogP contribution in [0.15, 0.2) is 37.0 Å². The number of carbonyl (C=O) groups excluding carboxylic acids is 1. The summed E-state index contributed by atoms with van der Waals surface area (Å²) in [4.78, 5) is 9.86. The smallest absolute Gasteiger partial charge is 0.124 e. The molecule has 0 aromatic carbocycles. The van der Waals surface area contributed by atoms with E-state index >= 15 is 0 Å². The van der Waals surface area contributed by atoms with E-state index in [9.17, 15) is 4.79 Å². The average molecular weight is 152 g/mol. The second kappa shape index (κ2) is 11.7. The molecular weight excluding hydrogens is 136 g/mol. The zero-order chi connectivity index (χ0) is 9.11. The predicted molar refractivity (Wildman–Crippen MR) is 50.5 cm³/mol. The van der Waals surface area contributed by atoms with E-state index in [1.807, 2.05) is 13.8 Å². The summed E-state index contributed by atoms with van der Waals surface area (Å²) in [6, 6.07) is 0. The molecule has 0 aromatic rings. The number of allylic oxidation sites excluding steroid dienone is 4. The lowest BCUT2D eigenvalue weighted by Gasteiger charge is -1.85. The third-order valence-corrected chi connectivity index (χ3v) is 0.814. The molecule has 0 aliphatic rings. The Kier molecular flexibility index (Phi) is 13.3. The van der Waals surface area contributed by atoms with Gasteiger partial charge in [-0.15, -0.1) is 0 Å². The summed E-state index contributed by atoms with van der Waals surface area (Å²) in [5.74, 6) is 0. The molecule has 0 aliphatic carbocycles. The fraction of sp³-hybridized carbons (Fsp3) is 0.300. The summed E-state index contributed by atoms with van der Waals surface area (Å²) in [5, 5.41) is 0. The van der Waals surface area contributed by atoms with E-state index in [4.69, 9.17) is 0 Å². The molecule has 0 aliphatic heterocycles. The second-order valence-electron chi connectivity index (χ2n) is 1.62. The first-order valence-corrected chi connectivity index (χ1v) is 3.71. The van der Waals surface area contributed by atoms with Gasteiger partial charge in [0.05, 0.1) is 0 Å². The highest BCUT2D eigenvalue weighted by molar-refractivity contribution is 5.55. The SMILES string of the molecule is C=C/C=C\C(=C)CC=O.CC. The molecule has 0 bridgehead atoms. The molecular formula is C10H16O. The molecule has 0 rings (SSSR count). The van der Waals surface area contributed by atoms with Crippen LogP contribution in [0.1, 0.15) is 20.3 Å². The minimum atomic E-state index is 0.407. The number of carbonyl (C=O) groups is 1. The summed E-state index contributed by atoms with van der Waals surface area (Å²) < 4.78 is 0. The van der Waals surface area contributed by atoms with Gasteiger partial charge < -0.3 is 4.79 Å². The van der Waals surface area contributed by atoms with Gasteiger partial charge in [-0.1, -0.05) is 45.2 Å². The van der Waals surface area contributed by atoms with Gasteiger partial charge in [0.25, 0.3) is 0 Å². The minimum Gasteiger partial charge on any atom is -0.303 e. The molecule has 0 unspecified atom stereocenters. The average Bonchev–Trinajstić information content (AvgIpc) is 2.05. The van der Waals surface area contributed by atoms with Crippen LogP contribution < -0.4 is 0 Å². The highest BCUT2D eigenvalue weighted by atomic mass is 16.1. The van der Waals surface area contributed by atoms with Gasteiger partial charge in [0.1, 0.15) is 6.29 Å². The Labute approximate surface area is 69.1 Å². The maximum atomic E-state index is 9.86. The summed E-state index contributed by atoms with van der Waals surface area (Å²) in [6.45, 7) is 11.1. The second-order valence-corrected chi connectivity index (χ2v) is 1.62. The molecule has 0 radical (unpaired) electrons. The van der Waals surface area contributed by atoms with Crippen molar-refractivity contribution in [2.24, 2.45) is 0 Å². The lowest BCUT2D eigenvalue weighted by molar-refractivity contribution is -0.107. The van der Waals surface area contributed by atoms with Gasteiger partial charge in [-0.2, -0.15) is 0 Å². The van der Waals surface area contributed by atoms with Gasteiger partial charge in [0, 0.05) is 6.42 Å². The highest BCUT2D eigenvalue weighted by Crippen LogP contribution is 1.95. The quantitative estimate of drug-likeness (QED) is 0.447. The normalized spacial score (nSPS) is 8.18. The molecule has 0 saturated heterocycles. The van der Waals surface area contributed by atoms with Crippen LogP contribution in [0.2, 0.25) is 0 Å². The Morgan fingerprint density at radius 2 is 2.00 bits per heavy atom. The van der Waals surface area contributed by atoms with Crippen LogP contribution in [0.25, 0.3) is 0 Å². The first kappa shape index (κ1) is 12.6. The first-order chi connectivity index (χ1) is 5.31. The van der Waals surface area contributed by atoms with Crippen molar-refractivity contribution in [1.29, 1.82) is 0 Å². The van der Waals surface area contributed by atoms with E-state index in [2.05, 4.69) is 13.2 Å². The van der Waals surface area contributed by atoms with Crippen LogP contribution in [-0.2, 0) is 4.79 Å². The number of aldehydes is 1. The molecule has 0 atom stereocenters. The zero-order valence-corrected chi connectivity index (χ0v) is 7.34. The molecule has 0 saturated carbocycles. The molecule has 0 heterocycles. The Hall–Kier alpha value is -1.11. The lowest BCUT2D eigenvalue weighted by atomic mass is 10.2. The lowest BCUT2D eigenvalue weighted by Crippen LogP contribution is -1.74. The summed E-state index contributed by atoms with van der Waals surface area (Å²) in [7, 11) is 0. The van der Waals surface area contributed by atoms with Gasteiger partial charge in [-0.05, 0) is 5.57 Å². The summed E-state index contributed by atoms with van der Waals surface area (Å²) >= 11 is 0. The van der Waals surface area contributed by atoms with Gasteiger partial charge in [0.2, 0.25) is 0 Å². The van der Waals surface area contributed by atoms with E-state index in [0.29, 0.717) is 6.42 Å². The van der Waals surface area contributed by atoms with Crippen LogP contribution >= 0.6 is 0 Å². The molecule has 1 heteroatoms. The Bertz CT molecular complexity index is 143. The van der Waals surface area contributed by atoms with Crippen molar-refractivity contribution in [2.45, 2.75) is 20.3 Å². The van der Waals surface area contributed by atoms with Gasteiger partial charge in [-0.3, -0.25) is 0 Å². The Morgan fingerprint density at radius 1 is 1.45 bits per heavy atom. The number of hydrogen-bond donors (Lipinski definition) is 0. The van der Waals surface area contributed by atoms with Crippen molar-refractivity contribution in [3.8, 4) is 0 Å². The molecule has 62 valence electrons. The third kappa shape index (κ3) is 12.2. The van der Waals surface area contributed by atoms with Crippen LogP contribution in [0.5, 0.6) is 0 Å². The standard InChI is InChI=1S/C8H10O.C2H6/c1-3-4-5-8(2)6-7-9;1-2/h3-5,7H,1-2,6H2;1-2H3/b5-4-;. The van der Waals surface area contributed by atoms with Crippen molar-refractivity contribution in [3.63, 3.8) is 0 Å². The van der Waals surface area contributed by atoms with Crippen molar-refractivity contribution in [3.05, 3.63) is 37.0 Å². The van der Waals surface area contributed by atoms with E-state index in [0.717, 1.165) is 11.9 Å². The first-order valence-electron chi connectivity index (χ1n) is 3.71. The van der Waals surface area contributed by atoms with Crippen molar-refractivity contribution >= 4 is 6.29 Å². The van der Waals surface area contributed by atoms with Gasteiger partial charge in [-0.25, -0.2) is 0 Å². The topological polar surface area (TPSA) is 17.1 Å². The van der Waals surface area contributed by atoms with Gasteiger partial charge in [0.15, 0.2) is 0 Å². The largest absolute Gasteiger partial charge is 0.303 e. The molecule has 0 aromatic heterocycles. The maximum absolute atomic E-state index is 9.86. The summed E-state index contributed by atoms with van der Waals surface area (Å²) in [5.41, 5.74) is 0.810. The molecule has 11 heavy (non-hydrogen) atoms. The number of rotatable bonds is 4. The predicted octanol–water partition coefficient (Wildman–Crippen LogP) is 2.90. The number of hydrogen-bond acceptors (Lipinski definition) is 1.